The van der Waals surface area contributed by atoms with Crippen LogP contribution in [-0.2, 0) is 23.7 Å². The zero-order valence-electron chi connectivity index (χ0n) is 15.0. The number of hydrogen-bond acceptors (Lipinski definition) is 8. The van der Waals surface area contributed by atoms with Gasteiger partial charge in [0.15, 0.2) is 11.5 Å². The Morgan fingerprint density at radius 2 is 0.962 bits per heavy atom. The Kier molecular flexibility index (Phi) is 10.8. The first kappa shape index (κ1) is 20.7. The largest absolute Gasteiger partial charge is 0.504 e. The molecule has 0 aromatic heterocycles. The first-order valence-corrected chi connectivity index (χ1v) is 8.84. The summed E-state index contributed by atoms with van der Waals surface area (Å²) in [6.45, 7) is 5.46. The summed E-state index contributed by atoms with van der Waals surface area (Å²) in [6, 6.07) is 4.99. The van der Waals surface area contributed by atoms with Crippen LogP contribution in [0, 0.1) is 0 Å². The van der Waals surface area contributed by atoms with Crippen LogP contribution in [0.25, 0.3) is 0 Å². The van der Waals surface area contributed by atoms with Gasteiger partial charge < -0.3 is 38.3 Å². The van der Waals surface area contributed by atoms with Gasteiger partial charge in [0.05, 0.1) is 66.1 Å². The van der Waals surface area contributed by atoms with Crippen molar-refractivity contribution in [3.05, 3.63) is 18.2 Å². The van der Waals surface area contributed by atoms with Crippen molar-refractivity contribution >= 4 is 0 Å². The van der Waals surface area contributed by atoms with E-state index in [1.807, 2.05) is 0 Å². The highest BCUT2D eigenvalue weighted by Gasteiger charge is 2.10. The van der Waals surface area contributed by atoms with Crippen LogP contribution < -0.4 is 9.47 Å². The van der Waals surface area contributed by atoms with Crippen LogP contribution >= 0.6 is 0 Å². The number of hydrogen-bond donors (Lipinski definition) is 1. The van der Waals surface area contributed by atoms with Crippen LogP contribution in [0.5, 0.6) is 17.2 Å². The zero-order valence-corrected chi connectivity index (χ0v) is 15.0. The van der Waals surface area contributed by atoms with Crippen LogP contribution in [0.1, 0.15) is 0 Å². The van der Waals surface area contributed by atoms with Crippen LogP contribution in [0.4, 0.5) is 0 Å². The van der Waals surface area contributed by atoms with Crippen molar-refractivity contribution in [3.63, 3.8) is 0 Å². The summed E-state index contributed by atoms with van der Waals surface area (Å²) >= 11 is 0. The molecule has 8 heteroatoms. The van der Waals surface area contributed by atoms with Gasteiger partial charge in [0, 0.05) is 0 Å². The lowest BCUT2D eigenvalue weighted by molar-refractivity contribution is -0.0134. The Hall–Kier alpha value is -1.58. The van der Waals surface area contributed by atoms with Gasteiger partial charge in [0.1, 0.15) is 13.2 Å². The highest BCUT2D eigenvalue weighted by molar-refractivity contribution is 5.50. The third kappa shape index (κ3) is 8.68. The lowest BCUT2D eigenvalue weighted by Crippen LogP contribution is -2.14. The molecule has 26 heavy (non-hydrogen) atoms. The molecule has 0 fully saturated rings. The predicted octanol–water partition coefficient (Wildman–Crippen LogP) is 1.25. The number of ether oxygens (including phenoxy) is 7. The summed E-state index contributed by atoms with van der Waals surface area (Å²) in [4.78, 5) is 0. The number of rotatable bonds is 0. The van der Waals surface area contributed by atoms with Crippen molar-refractivity contribution < 1.29 is 38.3 Å². The van der Waals surface area contributed by atoms with Crippen molar-refractivity contribution in [2.75, 3.05) is 79.3 Å². The van der Waals surface area contributed by atoms with Gasteiger partial charge in [-0.2, -0.15) is 0 Å². The highest BCUT2D eigenvalue weighted by atomic mass is 16.6. The van der Waals surface area contributed by atoms with E-state index in [0.717, 1.165) is 0 Å². The second-order valence-corrected chi connectivity index (χ2v) is 5.36. The van der Waals surface area contributed by atoms with Gasteiger partial charge in [-0.25, -0.2) is 0 Å². The number of phenolic OH excluding ortho intramolecular Hbond substituents is 1. The first-order chi connectivity index (χ1) is 12.9. The first-order valence-electron chi connectivity index (χ1n) is 8.84. The SMILES string of the molecule is Oc1cccc2c1OCCOCCOCCOCCOCCOCCO2. The maximum Gasteiger partial charge on any atom is 0.203 e. The Balaban J connectivity index is 1.79. The van der Waals surface area contributed by atoms with Crippen molar-refractivity contribution in [2.24, 2.45) is 0 Å². The number of phenols is 1. The molecule has 0 aliphatic carbocycles. The molecule has 8 nitrogen and oxygen atoms in total. The van der Waals surface area contributed by atoms with E-state index in [-0.39, 0.29) is 5.75 Å². The molecule has 148 valence electrons. The van der Waals surface area contributed by atoms with Gasteiger partial charge in [0.2, 0.25) is 5.75 Å². The minimum atomic E-state index is 0.0264. The van der Waals surface area contributed by atoms with Crippen LogP contribution in [0.2, 0.25) is 0 Å². The molecule has 0 bridgehead atoms. The van der Waals surface area contributed by atoms with Crippen molar-refractivity contribution in [1.82, 2.24) is 0 Å². The summed E-state index contributed by atoms with van der Waals surface area (Å²) < 4.78 is 38.3. The average Bonchev–Trinajstić information content (AvgIpc) is 2.64. The van der Waals surface area contributed by atoms with E-state index in [2.05, 4.69) is 0 Å². The van der Waals surface area contributed by atoms with E-state index < -0.39 is 0 Å². The number of benzene rings is 1. The lowest BCUT2D eigenvalue weighted by Gasteiger charge is -2.14. The molecule has 0 spiro atoms. The van der Waals surface area contributed by atoms with Gasteiger partial charge in [-0.1, -0.05) is 6.07 Å². The third-order valence-electron chi connectivity index (χ3n) is 3.41. The van der Waals surface area contributed by atoms with Crippen LogP contribution in [0.15, 0.2) is 18.2 Å². The van der Waals surface area contributed by atoms with E-state index in [4.69, 9.17) is 33.2 Å². The summed E-state index contributed by atoms with van der Waals surface area (Å²) in [5.41, 5.74) is 0. The van der Waals surface area contributed by atoms with Gasteiger partial charge in [-0.3, -0.25) is 0 Å². The normalized spacial score (nSPS) is 20.0. The number of fused-ring (bicyclic) bond motifs is 1. The van der Waals surface area contributed by atoms with Crippen LogP contribution in [-0.4, -0.2) is 84.4 Å². The van der Waals surface area contributed by atoms with Gasteiger partial charge >= 0.3 is 0 Å². The second kappa shape index (κ2) is 13.6. The molecular weight excluding hydrogens is 344 g/mol. The molecule has 1 aliphatic rings. The summed E-state index contributed by atoms with van der Waals surface area (Å²) in [5, 5.41) is 9.97. The summed E-state index contributed by atoms with van der Waals surface area (Å²) in [7, 11) is 0. The van der Waals surface area contributed by atoms with Crippen molar-refractivity contribution in [3.8, 4) is 17.2 Å². The monoisotopic (exact) mass is 372 g/mol. The molecule has 0 unspecified atom stereocenters. The molecule has 1 heterocycles. The fourth-order valence-electron chi connectivity index (χ4n) is 2.16. The third-order valence-corrected chi connectivity index (χ3v) is 3.41. The molecule has 0 radical (unpaired) electrons. The maximum atomic E-state index is 9.97. The minimum Gasteiger partial charge on any atom is -0.504 e. The lowest BCUT2D eigenvalue weighted by atomic mass is 10.3. The molecular formula is C18H28O8. The molecule has 0 amide bonds. The number of aromatic hydroxyl groups is 1. The minimum absolute atomic E-state index is 0.0264. The van der Waals surface area contributed by atoms with Gasteiger partial charge in [0.25, 0.3) is 0 Å². The summed E-state index contributed by atoms with van der Waals surface area (Å²) in [6.07, 6.45) is 0. The van der Waals surface area contributed by atoms with Crippen LogP contribution in [0.3, 0.4) is 0 Å². The molecule has 1 aromatic rings. The second-order valence-electron chi connectivity index (χ2n) is 5.36. The van der Waals surface area contributed by atoms with E-state index in [1.165, 1.54) is 0 Å². The van der Waals surface area contributed by atoms with Gasteiger partial charge in [-0.05, 0) is 12.1 Å². The van der Waals surface area contributed by atoms with E-state index in [1.54, 1.807) is 18.2 Å². The quantitative estimate of drug-likeness (QED) is 0.728. The fraction of sp³-hybridized carbons (Fsp3) is 0.667. The Morgan fingerprint density at radius 1 is 0.538 bits per heavy atom. The maximum absolute atomic E-state index is 9.97. The highest BCUT2D eigenvalue weighted by Crippen LogP contribution is 2.36. The Bertz CT molecular complexity index is 482. The standard InChI is InChI=1S/C18H28O8/c19-16-2-1-3-17-18(16)26-15-13-24-11-9-22-7-5-20-4-6-21-8-10-23-12-14-25-17/h1-3,19H,4-15H2. The molecule has 2 rings (SSSR count). The molecule has 0 saturated heterocycles. The number of para-hydroxylation sites is 1. The molecule has 0 saturated carbocycles. The fourth-order valence-corrected chi connectivity index (χ4v) is 2.16. The Labute approximate surface area is 153 Å². The average molecular weight is 372 g/mol. The van der Waals surface area contributed by atoms with Crippen molar-refractivity contribution in [2.45, 2.75) is 0 Å². The van der Waals surface area contributed by atoms with Crippen molar-refractivity contribution in [1.29, 1.82) is 0 Å². The van der Waals surface area contributed by atoms with E-state index >= 15 is 0 Å². The molecule has 0 atom stereocenters. The molecule has 1 N–H and O–H groups in total. The summed E-state index contributed by atoms with van der Waals surface area (Å²) in [5.74, 6) is 0.800. The van der Waals surface area contributed by atoms with Gasteiger partial charge in [-0.15, -0.1) is 0 Å². The smallest absolute Gasteiger partial charge is 0.203 e. The molecule has 1 aliphatic heterocycles. The Morgan fingerprint density at radius 3 is 1.46 bits per heavy atom. The topological polar surface area (TPSA) is 84.8 Å². The van der Waals surface area contributed by atoms with E-state index in [0.29, 0.717) is 90.8 Å². The molecule has 1 aromatic carbocycles. The zero-order chi connectivity index (χ0) is 18.3. The predicted molar refractivity (Wildman–Crippen MR) is 93.2 cm³/mol. The van der Waals surface area contributed by atoms with E-state index in [9.17, 15) is 5.11 Å².